The first-order chi connectivity index (χ1) is 21.8. The largest absolute Gasteiger partial charge is 0.474 e. The summed E-state index contributed by atoms with van der Waals surface area (Å²) in [5.74, 6) is 1.08. The summed E-state index contributed by atoms with van der Waals surface area (Å²) < 4.78 is 26.2. The highest BCUT2D eigenvalue weighted by molar-refractivity contribution is 5.96. The number of likely N-dealkylation sites (tertiary alicyclic amines) is 1. The Bertz CT molecular complexity index is 1660. The van der Waals surface area contributed by atoms with Crippen molar-refractivity contribution in [2.45, 2.75) is 89.6 Å². The number of hydrogen-bond donors (Lipinski definition) is 0. The molecule has 0 aliphatic carbocycles. The number of ether oxygens (including phenoxy) is 4. The number of fused-ring (bicyclic) bond motifs is 2. The molecule has 0 radical (unpaired) electrons. The smallest absolute Gasteiger partial charge is 0.410 e. The third-order valence-electron chi connectivity index (χ3n) is 9.17. The van der Waals surface area contributed by atoms with Crippen molar-refractivity contribution in [3.63, 3.8) is 0 Å². The number of piperidine rings is 1. The minimum absolute atomic E-state index is 0.0556. The van der Waals surface area contributed by atoms with Gasteiger partial charge in [0.25, 0.3) is 0 Å². The van der Waals surface area contributed by atoms with E-state index in [2.05, 4.69) is 41.1 Å². The minimum atomic E-state index is -0.514. The van der Waals surface area contributed by atoms with Crippen LogP contribution in [0.15, 0.2) is 48.5 Å². The van der Waals surface area contributed by atoms with Gasteiger partial charge >= 0.3 is 6.09 Å². The van der Waals surface area contributed by atoms with E-state index in [4.69, 9.17) is 29.0 Å². The zero-order chi connectivity index (χ0) is 31.0. The molecule has 2 aromatic heterocycles. The molecule has 1 amide bonds. The molecule has 1 atom stereocenters. The topological polar surface area (TPSA) is 87.9 Å². The molecule has 4 aromatic rings. The summed E-state index contributed by atoms with van der Waals surface area (Å²) in [5.41, 5.74) is 3.52. The van der Waals surface area contributed by atoms with Gasteiger partial charge in [-0.15, -0.1) is 0 Å². The van der Waals surface area contributed by atoms with E-state index in [0.717, 1.165) is 85.0 Å². The fourth-order valence-electron chi connectivity index (χ4n) is 6.79. The lowest BCUT2D eigenvalue weighted by atomic mass is 9.90. The lowest BCUT2D eigenvalue weighted by Gasteiger charge is -2.33. The van der Waals surface area contributed by atoms with Crippen LogP contribution in [-0.4, -0.2) is 70.4 Å². The molecular formula is C36H44N4O5. The first-order valence-corrected chi connectivity index (χ1v) is 16.6. The van der Waals surface area contributed by atoms with Crippen LogP contribution in [0.1, 0.15) is 83.4 Å². The Hall–Kier alpha value is -3.69. The van der Waals surface area contributed by atoms with Gasteiger partial charge in [-0.3, -0.25) is 0 Å². The molecule has 3 fully saturated rings. The molecule has 5 heterocycles. The predicted octanol–water partition coefficient (Wildman–Crippen LogP) is 7.62. The number of benzene rings is 2. The lowest BCUT2D eigenvalue weighted by Crippen LogP contribution is -2.44. The molecule has 9 nitrogen and oxygen atoms in total. The minimum Gasteiger partial charge on any atom is -0.474 e. The van der Waals surface area contributed by atoms with Crippen LogP contribution in [0, 0.1) is 0 Å². The second kappa shape index (κ2) is 12.6. The molecule has 2 aromatic carbocycles. The summed E-state index contributed by atoms with van der Waals surface area (Å²) in [6, 6.07) is 17.2. The van der Waals surface area contributed by atoms with E-state index >= 15 is 0 Å². The van der Waals surface area contributed by atoms with Crippen LogP contribution in [0.25, 0.3) is 33.1 Å². The fraction of sp³-hybridized carbons (Fsp3) is 0.528. The van der Waals surface area contributed by atoms with Gasteiger partial charge in [0.05, 0.1) is 11.2 Å². The van der Waals surface area contributed by atoms with Crippen molar-refractivity contribution < 1.29 is 23.7 Å². The summed E-state index contributed by atoms with van der Waals surface area (Å²) in [6.45, 7) is 9.20. The molecule has 238 valence electrons. The van der Waals surface area contributed by atoms with Crippen molar-refractivity contribution in [1.29, 1.82) is 0 Å². The number of carbonyl (C=O) groups is 1. The molecule has 1 unspecified atom stereocenters. The molecule has 3 aliphatic rings. The quantitative estimate of drug-likeness (QED) is 0.229. The van der Waals surface area contributed by atoms with Crippen molar-refractivity contribution in [2.75, 3.05) is 32.9 Å². The van der Waals surface area contributed by atoms with E-state index in [1.54, 1.807) is 4.90 Å². The Balaban J connectivity index is 1.23. The average Bonchev–Trinajstić information content (AvgIpc) is 3.44. The number of amides is 1. The third-order valence-corrected chi connectivity index (χ3v) is 9.17. The molecule has 9 heteroatoms. The predicted molar refractivity (Wildman–Crippen MR) is 174 cm³/mol. The van der Waals surface area contributed by atoms with Crippen molar-refractivity contribution in [3.8, 4) is 17.3 Å². The highest BCUT2D eigenvalue weighted by Crippen LogP contribution is 2.38. The van der Waals surface area contributed by atoms with Gasteiger partial charge in [0.15, 0.2) is 6.23 Å². The highest BCUT2D eigenvalue weighted by atomic mass is 16.6. The maximum Gasteiger partial charge on any atom is 0.410 e. The van der Waals surface area contributed by atoms with Crippen LogP contribution in [0.5, 0.6) is 5.88 Å². The molecule has 0 spiro atoms. The van der Waals surface area contributed by atoms with E-state index in [-0.39, 0.29) is 18.4 Å². The van der Waals surface area contributed by atoms with Gasteiger partial charge in [-0.2, -0.15) is 5.10 Å². The second-order valence-corrected chi connectivity index (χ2v) is 13.6. The number of rotatable bonds is 5. The summed E-state index contributed by atoms with van der Waals surface area (Å²) in [6.07, 6.45) is 6.22. The Morgan fingerprint density at radius 1 is 0.911 bits per heavy atom. The molecule has 3 saturated heterocycles. The van der Waals surface area contributed by atoms with E-state index in [9.17, 15) is 4.79 Å². The zero-order valence-electron chi connectivity index (χ0n) is 26.7. The van der Waals surface area contributed by atoms with Crippen LogP contribution >= 0.6 is 0 Å². The van der Waals surface area contributed by atoms with E-state index in [1.165, 1.54) is 5.56 Å². The van der Waals surface area contributed by atoms with Crippen LogP contribution in [0.3, 0.4) is 0 Å². The summed E-state index contributed by atoms with van der Waals surface area (Å²) in [7, 11) is 0. The van der Waals surface area contributed by atoms with Gasteiger partial charge in [0.1, 0.15) is 17.4 Å². The van der Waals surface area contributed by atoms with Crippen molar-refractivity contribution in [3.05, 3.63) is 54.1 Å². The Labute approximate surface area is 264 Å². The maximum absolute atomic E-state index is 12.6. The van der Waals surface area contributed by atoms with Crippen molar-refractivity contribution >= 4 is 27.8 Å². The van der Waals surface area contributed by atoms with Crippen molar-refractivity contribution in [2.24, 2.45) is 0 Å². The lowest BCUT2D eigenvalue weighted by molar-refractivity contribution is -0.0365. The molecule has 7 rings (SSSR count). The number of hydrogen-bond acceptors (Lipinski definition) is 7. The summed E-state index contributed by atoms with van der Waals surface area (Å²) in [4.78, 5) is 19.6. The maximum atomic E-state index is 12.6. The van der Waals surface area contributed by atoms with Crippen LogP contribution in [0.2, 0.25) is 0 Å². The van der Waals surface area contributed by atoms with Crippen LogP contribution in [0.4, 0.5) is 4.79 Å². The van der Waals surface area contributed by atoms with Gasteiger partial charge in [0.2, 0.25) is 5.88 Å². The zero-order valence-corrected chi connectivity index (χ0v) is 26.7. The monoisotopic (exact) mass is 612 g/mol. The normalized spacial score (nSPS) is 20.5. The fourth-order valence-corrected chi connectivity index (χ4v) is 6.79. The molecule has 0 N–H and O–H groups in total. The summed E-state index contributed by atoms with van der Waals surface area (Å²) >= 11 is 0. The van der Waals surface area contributed by atoms with Gasteiger partial charge in [-0.1, -0.05) is 24.3 Å². The van der Waals surface area contributed by atoms with Gasteiger partial charge in [-0.05, 0) is 94.0 Å². The number of carbonyl (C=O) groups excluding carboxylic acids is 1. The third kappa shape index (κ3) is 6.51. The molecule has 3 aliphatic heterocycles. The first-order valence-electron chi connectivity index (χ1n) is 16.6. The van der Waals surface area contributed by atoms with E-state index in [0.29, 0.717) is 37.7 Å². The second-order valence-electron chi connectivity index (χ2n) is 13.6. The summed E-state index contributed by atoms with van der Waals surface area (Å²) in [5, 5.41) is 8.33. The SMILES string of the molecule is CC(C)(C)OC(=O)N1CCC(Oc2nc(-c3nn(C4CCCCO4)c4ccc(C5CCOCC5)cc34)cc3ccccc23)CC1. The molecule has 45 heavy (non-hydrogen) atoms. The van der Waals surface area contributed by atoms with Crippen LogP contribution in [-0.2, 0) is 14.2 Å². The Kier molecular flexibility index (Phi) is 8.40. The number of nitrogens with zero attached hydrogens (tertiary/aromatic N) is 4. The Morgan fingerprint density at radius 3 is 2.47 bits per heavy atom. The molecule has 0 saturated carbocycles. The number of pyridine rings is 1. The van der Waals surface area contributed by atoms with E-state index < -0.39 is 5.60 Å². The van der Waals surface area contributed by atoms with E-state index in [1.807, 2.05) is 32.9 Å². The highest BCUT2D eigenvalue weighted by Gasteiger charge is 2.29. The van der Waals surface area contributed by atoms with Crippen LogP contribution < -0.4 is 4.74 Å². The first kappa shape index (κ1) is 30.0. The Morgan fingerprint density at radius 2 is 1.71 bits per heavy atom. The van der Waals surface area contributed by atoms with Gasteiger partial charge in [-0.25, -0.2) is 14.5 Å². The van der Waals surface area contributed by atoms with Gasteiger partial charge in [0, 0.05) is 56.5 Å². The molecular weight excluding hydrogens is 568 g/mol. The average molecular weight is 613 g/mol. The number of aromatic nitrogens is 3. The van der Waals surface area contributed by atoms with Crippen molar-refractivity contribution in [1.82, 2.24) is 19.7 Å². The van der Waals surface area contributed by atoms with Gasteiger partial charge < -0.3 is 23.8 Å². The standard InChI is InChI=1S/C36H44N4O5/c1-36(2,3)45-35(41)39-17-13-27(14-18-39)44-34-28-9-5-4-8-26(28)23-30(37-34)33-29-22-25(24-15-20-42-21-16-24)11-12-31(29)40(38-33)32-10-6-7-19-43-32/h4-5,8-9,11-12,22-24,27,32H,6-7,10,13-21H2,1-3H3. The molecule has 0 bridgehead atoms.